The fraction of sp³-hybridized carbons (Fsp3) is 0. The molecule has 3 N–H and O–H groups in total. The molecule has 0 bridgehead atoms. The van der Waals surface area contributed by atoms with Gasteiger partial charge in [-0.25, -0.2) is 8.42 Å². The summed E-state index contributed by atoms with van der Waals surface area (Å²) in [5, 5.41) is 0.408. The first-order valence-corrected chi connectivity index (χ1v) is 9.67. The highest BCUT2D eigenvalue weighted by Crippen LogP contribution is 2.34. The normalized spacial score (nSPS) is 11.4. The van der Waals surface area contributed by atoms with Crippen LogP contribution in [0, 0.1) is 0 Å². The molecule has 0 spiro atoms. The Kier molecular flexibility index (Phi) is 5.25. The van der Waals surface area contributed by atoms with Gasteiger partial charge in [-0.15, -0.1) is 0 Å². The standard InChI is InChI=1S/C12H8Br3ClN2O2S/c13-8-2-1-7(5-11(8)16)18-21(19,20)12-9(14)3-6(17)4-10(12)15/h1-5,18H,17H2. The SMILES string of the molecule is Nc1cc(Br)c(S(=O)(=O)Nc2ccc(Br)c(Cl)c2)c(Br)c1. The first-order chi connectivity index (χ1) is 9.70. The minimum absolute atomic E-state index is 0.0655. The van der Waals surface area contributed by atoms with Crippen LogP contribution in [-0.2, 0) is 10.0 Å². The number of hydrogen-bond acceptors (Lipinski definition) is 3. The van der Waals surface area contributed by atoms with E-state index < -0.39 is 10.0 Å². The fourth-order valence-electron chi connectivity index (χ4n) is 1.60. The lowest BCUT2D eigenvalue weighted by molar-refractivity contribution is 0.600. The molecule has 0 radical (unpaired) electrons. The van der Waals surface area contributed by atoms with Crippen LogP contribution in [0.1, 0.15) is 0 Å². The molecule has 0 aliphatic rings. The Morgan fingerprint density at radius 3 is 2.10 bits per heavy atom. The Balaban J connectivity index is 2.46. The lowest BCUT2D eigenvalue weighted by Gasteiger charge is -2.12. The smallest absolute Gasteiger partial charge is 0.264 e. The summed E-state index contributed by atoms with van der Waals surface area (Å²) in [7, 11) is -3.79. The van der Waals surface area contributed by atoms with Crippen molar-refractivity contribution in [3.63, 3.8) is 0 Å². The molecule has 0 fully saturated rings. The molecule has 4 nitrogen and oxygen atoms in total. The minimum Gasteiger partial charge on any atom is -0.399 e. The quantitative estimate of drug-likeness (QED) is 0.561. The van der Waals surface area contributed by atoms with Crippen LogP contribution >= 0.6 is 59.4 Å². The topological polar surface area (TPSA) is 72.2 Å². The largest absolute Gasteiger partial charge is 0.399 e. The van der Waals surface area contributed by atoms with Crippen molar-refractivity contribution in [1.82, 2.24) is 0 Å². The number of halogens is 4. The molecule has 0 unspecified atom stereocenters. The van der Waals surface area contributed by atoms with Gasteiger partial charge in [0.15, 0.2) is 0 Å². The molecule has 0 saturated carbocycles. The van der Waals surface area contributed by atoms with Gasteiger partial charge in [0.1, 0.15) is 4.90 Å². The Bertz CT molecular complexity index is 789. The van der Waals surface area contributed by atoms with Crippen molar-refractivity contribution in [2.24, 2.45) is 0 Å². The van der Waals surface area contributed by atoms with E-state index in [4.69, 9.17) is 17.3 Å². The second-order valence-corrected chi connectivity index (χ2v) is 8.64. The lowest BCUT2D eigenvalue weighted by Crippen LogP contribution is -2.14. The maximum atomic E-state index is 12.5. The molecule has 2 aromatic carbocycles. The minimum atomic E-state index is -3.79. The molecular formula is C12H8Br3ClN2O2S. The van der Waals surface area contributed by atoms with Crippen molar-refractivity contribution < 1.29 is 8.42 Å². The summed E-state index contributed by atoms with van der Waals surface area (Å²) >= 11 is 15.6. The molecule has 0 amide bonds. The maximum absolute atomic E-state index is 12.5. The van der Waals surface area contributed by atoms with Crippen LogP contribution in [0.25, 0.3) is 0 Å². The number of anilines is 2. The van der Waals surface area contributed by atoms with Gasteiger partial charge in [-0.05, 0) is 78.1 Å². The average Bonchev–Trinajstić information content (AvgIpc) is 2.31. The van der Waals surface area contributed by atoms with Crippen LogP contribution in [0.15, 0.2) is 48.6 Å². The number of benzene rings is 2. The van der Waals surface area contributed by atoms with Gasteiger partial charge >= 0.3 is 0 Å². The van der Waals surface area contributed by atoms with E-state index in [1.54, 1.807) is 12.1 Å². The number of nitrogens with two attached hydrogens (primary N) is 1. The molecule has 2 rings (SSSR count). The van der Waals surface area contributed by atoms with Gasteiger partial charge in [0, 0.05) is 19.1 Å². The molecular weight excluding hydrogens is 511 g/mol. The maximum Gasteiger partial charge on any atom is 0.264 e. The summed E-state index contributed by atoms with van der Waals surface area (Å²) in [6, 6.07) is 7.82. The zero-order chi connectivity index (χ0) is 15.8. The highest BCUT2D eigenvalue weighted by atomic mass is 79.9. The third-order valence-electron chi connectivity index (χ3n) is 2.46. The monoisotopic (exact) mass is 516 g/mol. The van der Waals surface area contributed by atoms with Gasteiger partial charge in [-0.1, -0.05) is 11.6 Å². The van der Waals surface area contributed by atoms with Crippen LogP contribution in [0.3, 0.4) is 0 Å². The van der Waals surface area contributed by atoms with Gasteiger partial charge in [0.25, 0.3) is 10.0 Å². The average molecular weight is 519 g/mol. The summed E-state index contributed by atoms with van der Waals surface area (Å²) < 4.78 is 28.9. The second kappa shape index (κ2) is 6.45. The van der Waals surface area contributed by atoms with Crippen LogP contribution < -0.4 is 10.5 Å². The van der Waals surface area contributed by atoms with Crippen molar-refractivity contribution in [3.8, 4) is 0 Å². The zero-order valence-corrected chi connectivity index (χ0v) is 16.5. The van der Waals surface area contributed by atoms with Crippen LogP contribution in [0.2, 0.25) is 5.02 Å². The van der Waals surface area contributed by atoms with Crippen molar-refractivity contribution in [2.45, 2.75) is 4.90 Å². The van der Waals surface area contributed by atoms with E-state index in [2.05, 4.69) is 52.5 Å². The second-order valence-electron chi connectivity index (χ2n) is 4.05. The van der Waals surface area contributed by atoms with Gasteiger partial charge in [0.2, 0.25) is 0 Å². The highest BCUT2D eigenvalue weighted by Gasteiger charge is 2.22. The molecule has 0 aromatic heterocycles. The molecule has 0 saturated heterocycles. The third kappa shape index (κ3) is 3.92. The van der Waals surface area contributed by atoms with Gasteiger partial charge in [-0.3, -0.25) is 4.72 Å². The van der Waals surface area contributed by atoms with Crippen molar-refractivity contribution in [1.29, 1.82) is 0 Å². The third-order valence-corrected chi connectivity index (χ3v) is 6.95. The summed E-state index contributed by atoms with van der Waals surface area (Å²) in [4.78, 5) is 0.0655. The summed E-state index contributed by atoms with van der Waals surface area (Å²) in [6.07, 6.45) is 0. The summed E-state index contributed by atoms with van der Waals surface area (Å²) in [6.45, 7) is 0. The van der Waals surface area contributed by atoms with E-state index in [0.29, 0.717) is 29.8 Å². The summed E-state index contributed by atoms with van der Waals surface area (Å²) in [5.74, 6) is 0. The molecule has 0 heterocycles. The zero-order valence-electron chi connectivity index (χ0n) is 10.2. The summed E-state index contributed by atoms with van der Waals surface area (Å²) in [5.41, 5.74) is 6.47. The molecule has 9 heteroatoms. The van der Waals surface area contributed by atoms with Crippen LogP contribution in [0.5, 0.6) is 0 Å². The van der Waals surface area contributed by atoms with E-state index in [9.17, 15) is 8.42 Å². The van der Waals surface area contributed by atoms with E-state index in [1.165, 1.54) is 18.2 Å². The molecule has 2 aromatic rings. The van der Waals surface area contributed by atoms with Crippen LogP contribution in [0.4, 0.5) is 11.4 Å². The number of nitrogens with one attached hydrogen (secondary N) is 1. The molecule has 0 aliphatic heterocycles. The van der Waals surface area contributed by atoms with Crippen molar-refractivity contribution in [2.75, 3.05) is 10.5 Å². The Hall–Kier alpha value is -0.280. The molecule has 21 heavy (non-hydrogen) atoms. The number of rotatable bonds is 3. The number of sulfonamides is 1. The van der Waals surface area contributed by atoms with E-state index in [1.807, 2.05) is 0 Å². The van der Waals surface area contributed by atoms with E-state index in [0.717, 1.165) is 0 Å². The Morgan fingerprint density at radius 2 is 1.57 bits per heavy atom. The van der Waals surface area contributed by atoms with Gasteiger partial charge < -0.3 is 5.73 Å². The van der Waals surface area contributed by atoms with Gasteiger partial charge in [0.05, 0.1) is 10.7 Å². The van der Waals surface area contributed by atoms with E-state index in [-0.39, 0.29) is 4.90 Å². The van der Waals surface area contributed by atoms with Gasteiger partial charge in [-0.2, -0.15) is 0 Å². The predicted octanol–water partition coefficient (Wildman–Crippen LogP) is 5.01. The number of nitrogen functional groups attached to an aromatic ring is 1. The molecule has 112 valence electrons. The van der Waals surface area contributed by atoms with E-state index >= 15 is 0 Å². The Labute approximate surface area is 152 Å². The molecule has 0 aliphatic carbocycles. The van der Waals surface area contributed by atoms with Crippen molar-refractivity contribution >= 4 is 80.8 Å². The highest BCUT2D eigenvalue weighted by molar-refractivity contribution is 9.11. The first kappa shape index (κ1) is 17.1. The molecule has 0 atom stereocenters. The predicted molar refractivity (Wildman–Crippen MR) is 96.2 cm³/mol. The van der Waals surface area contributed by atoms with Crippen LogP contribution in [-0.4, -0.2) is 8.42 Å². The Morgan fingerprint density at radius 1 is 1.00 bits per heavy atom. The first-order valence-electron chi connectivity index (χ1n) is 5.43. The number of hydrogen-bond donors (Lipinski definition) is 2. The lowest BCUT2D eigenvalue weighted by atomic mass is 10.3. The van der Waals surface area contributed by atoms with Crippen molar-refractivity contribution in [3.05, 3.63) is 48.8 Å². The fourth-order valence-corrected chi connectivity index (χ4v) is 5.70.